The molecule has 11 heteroatoms. The average molecular weight is 441 g/mol. The van der Waals surface area contributed by atoms with Crippen LogP contribution in [0.5, 0.6) is 0 Å². The van der Waals surface area contributed by atoms with Crippen LogP contribution >= 0.6 is 0 Å². The molecule has 1 aromatic carbocycles. The molecule has 3 amide bonds. The number of hydrogen-bond acceptors (Lipinski definition) is 7. The number of ether oxygens (including phenoxy) is 1. The summed E-state index contributed by atoms with van der Waals surface area (Å²) in [6, 6.07) is 9.26. The molecule has 0 spiro atoms. The standard InChI is InChI=1S/C20H19N5O5S/c1-31(28,29)16-6-4-14(5-7-16)12-24-9-10-25-17(13-30-20(25)23-19(24)27)18(26)22-15-3-2-8-21-11-15/h2-8,11,13H,9-10,12H2,1H3,(H,22,26). The molecule has 160 valence electrons. The Hall–Kier alpha value is -3.73. The van der Waals surface area contributed by atoms with Crippen molar-refractivity contribution in [2.75, 3.05) is 24.7 Å². The number of pyridine rings is 1. The van der Waals surface area contributed by atoms with E-state index < -0.39 is 21.8 Å². The van der Waals surface area contributed by atoms with Gasteiger partial charge in [0.2, 0.25) is 0 Å². The maximum atomic E-state index is 12.6. The predicted molar refractivity (Wildman–Crippen MR) is 112 cm³/mol. The average Bonchev–Trinajstić information content (AvgIpc) is 3.07. The lowest BCUT2D eigenvalue weighted by molar-refractivity contribution is -0.113. The first kappa shape index (κ1) is 20.5. The Morgan fingerprint density at radius 3 is 2.65 bits per heavy atom. The third-order valence-electron chi connectivity index (χ3n) is 4.73. The summed E-state index contributed by atoms with van der Waals surface area (Å²) < 4.78 is 28.6. The molecule has 2 aliphatic heterocycles. The third-order valence-corrected chi connectivity index (χ3v) is 5.86. The van der Waals surface area contributed by atoms with Gasteiger partial charge in [-0.3, -0.25) is 14.7 Å². The van der Waals surface area contributed by atoms with E-state index in [0.29, 0.717) is 18.8 Å². The van der Waals surface area contributed by atoms with Gasteiger partial charge in [-0.15, -0.1) is 4.99 Å². The number of aliphatic imine (C=N–C) groups is 1. The Morgan fingerprint density at radius 1 is 1.19 bits per heavy atom. The summed E-state index contributed by atoms with van der Waals surface area (Å²) in [7, 11) is -3.29. The molecule has 10 nitrogen and oxygen atoms in total. The number of carbonyl (C=O) groups is 2. The minimum atomic E-state index is -3.29. The number of anilines is 1. The second-order valence-electron chi connectivity index (χ2n) is 6.98. The minimum absolute atomic E-state index is 0.0382. The third kappa shape index (κ3) is 4.56. The molecule has 3 heterocycles. The summed E-state index contributed by atoms with van der Waals surface area (Å²) in [6.07, 6.45) is 5.52. The highest BCUT2D eigenvalue weighted by Gasteiger charge is 2.33. The lowest BCUT2D eigenvalue weighted by atomic mass is 10.2. The molecule has 2 aromatic rings. The number of benzene rings is 1. The molecule has 1 aromatic heterocycles. The zero-order chi connectivity index (χ0) is 22.0. The van der Waals surface area contributed by atoms with Gasteiger partial charge in [-0.25, -0.2) is 13.2 Å². The highest BCUT2D eigenvalue weighted by atomic mass is 32.2. The van der Waals surface area contributed by atoms with Crippen molar-refractivity contribution in [3.8, 4) is 0 Å². The molecule has 0 unspecified atom stereocenters. The molecular weight excluding hydrogens is 422 g/mol. The first-order valence-corrected chi connectivity index (χ1v) is 11.2. The molecule has 0 bridgehead atoms. The number of fused-ring (bicyclic) bond motifs is 1. The summed E-state index contributed by atoms with van der Waals surface area (Å²) >= 11 is 0. The van der Waals surface area contributed by atoms with Gasteiger partial charge in [-0.05, 0) is 29.8 Å². The van der Waals surface area contributed by atoms with Crippen LogP contribution in [0.2, 0.25) is 0 Å². The van der Waals surface area contributed by atoms with Crippen LogP contribution in [0.25, 0.3) is 0 Å². The van der Waals surface area contributed by atoms with Crippen LogP contribution in [0.1, 0.15) is 5.56 Å². The van der Waals surface area contributed by atoms with Crippen molar-refractivity contribution in [2.45, 2.75) is 11.4 Å². The molecule has 0 aliphatic carbocycles. The molecule has 2 aliphatic rings. The SMILES string of the molecule is CS(=O)(=O)c1ccc(CN2CCN3C(C(=O)Nc4cccnc4)=COC3=NC2=O)cc1. The van der Waals surface area contributed by atoms with Crippen LogP contribution < -0.4 is 5.32 Å². The van der Waals surface area contributed by atoms with E-state index in [2.05, 4.69) is 15.3 Å². The van der Waals surface area contributed by atoms with Gasteiger partial charge < -0.3 is 15.0 Å². The minimum Gasteiger partial charge on any atom is -0.431 e. The van der Waals surface area contributed by atoms with Crippen molar-refractivity contribution < 1.29 is 22.7 Å². The van der Waals surface area contributed by atoms with E-state index in [0.717, 1.165) is 11.8 Å². The molecule has 31 heavy (non-hydrogen) atoms. The molecular formula is C20H19N5O5S. The number of nitrogens with zero attached hydrogens (tertiary/aromatic N) is 4. The van der Waals surface area contributed by atoms with Crippen molar-refractivity contribution in [1.82, 2.24) is 14.8 Å². The fourth-order valence-electron chi connectivity index (χ4n) is 3.13. The highest BCUT2D eigenvalue weighted by Crippen LogP contribution is 2.21. The fraction of sp³-hybridized carbons (Fsp3) is 0.200. The monoisotopic (exact) mass is 441 g/mol. The second kappa shape index (κ2) is 8.19. The van der Waals surface area contributed by atoms with E-state index in [4.69, 9.17) is 4.74 Å². The van der Waals surface area contributed by atoms with Crippen LogP contribution in [0.3, 0.4) is 0 Å². The maximum absolute atomic E-state index is 12.6. The number of hydrogen-bond donors (Lipinski definition) is 1. The Labute approximate surface area is 178 Å². The zero-order valence-corrected chi connectivity index (χ0v) is 17.4. The molecule has 0 atom stereocenters. The largest absolute Gasteiger partial charge is 0.431 e. The number of nitrogens with one attached hydrogen (secondary N) is 1. The Kier molecular flexibility index (Phi) is 5.42. The van der Waals surface area contributed by atoms with E-state index in [-0.39, 0.29) is 23.2 Å². The number of amidine groups is 1. The molecule has 0 radical (unpaired) electrons. The predicted octanol–water partition coefficient (Wildman–Crippen LogP) is 1.59. The van der Waals surface area contributed by atoms with Crippen molar-refractivity contribution in [2.24, 2.45) is 4.99 Å². The van der Waals surface area contributed by atoms with E-state index in [1.807, 2.05) is 0 Å². The Morgan fingerprint density at radius 2 is 1.97 bits per heavy atom. The van der Waals surface area contributed by atoms with Gasteiger partial charge in [0.1, 0.15) is 12.0 Å². The number of amides is 3. The van der Waals surface area contributed by atoms with Crippen LogP contribution in [-0.4, -0.2) is 60.5 Å². The normalized spacial score (nSPS) is 16.1. The number of rotatable bonds is 5. The smallest absolute Gasteiger partial charge is 0.348 e. The number of aromatic nitrogens is 1. The van der Waals surface area contributed by atoms with Gasteiger partial charge in [0.05, 0.1) is 16.8 Å². The van der Waals surface area contributed by atoms with Crippen LogP contribution in [-0.2, 0) is 25.9 Å². The first-order valence-electron chi connectivity index (χ1n) is 9.33. The number of sulfone groups is 1. The van der Waals surface area contributed by atoms with Gasteiger partial charge in [0, 0.05) is 32.1 Å². The summed E-state index contributed by atoms with van der Waals surface area (Å²) in [6.45, 7) is 0.841. The Balaban J connectivity index is 1.44. The van der Waals surface area contributed by atoms with Gasteiger partial charge in [-0.2, -0.15) is 0 Å². The Bertz CT molecular complexity index is 1180. The van der Waals surface area contributed by atoms with Gasteiger partial charge in [0.15, 0.2) is 9.84 Å². The summed E-state index contributed by atoms with van der Waals surface area (Å²) in [5, 5.41) is 2.72. The van der Waals surface area contributed by atoms with E-state index in [9.17, 15) is 18.0 Å². The quantitative estimate of drug-likeness (QED) is 0.748. The lowest BCUT2D eigenvalue weighted by Crippen LogP contribution is -2.36. The molecule has 0 saturated carbocycles. The molecule has 4 rings (SSSR count). The van der Waals surface area contributed by atoms with E-state index in [1.54, 1.807) is 30.5 Å². The molecule has 1 N–H and O–H groups in total. The topological polar surface area (TPSA) is 121 Å². The first-order chi connectivity index (χ1) is 14.8. The summed E-state index contributed by atoms with van der Waals surface area (Å²) in [4.78, 5) is 36.4. The molecule has 0 saturated heterocycles. The van der Waals surface area contributed by atoms with Crippen molar-refractivity contribution in [3.63, 3.8) is 0 Å². The van der Waals surface area contributed by atoms with Crippen LogP contribution in [0.4, 0.5) is 10.5 Å². The summed E-state index contributed by atoms with van der Waals surface area (Å²) in [5.41, 5.74) is 1.52. The van der Waals surface area contributed by atoms with Gasteiger partial charge >= 0.3 is 12.1 Å². The van der Waals surface area contributed by atoms with E-state index >= 15 is 0 Å². The number of carbonyl (C=O) groups excluding carboxylic acids is 2. The lowest BCUT2D eigenvalue weighted by Gasteiger charge is -2.21. The fourth-order valence-corrected chi connectivity index (χ4v) is 3.76. The molecule has 0 fully saturated rings. The van der Waals surface area contributed by atoms with Gasteiger partial charge in [0.25, 0.3) is 5.91 Å². The second-order valence-corrected chi connectivity index (χ2v) is 9.00. The van der Waals surface area contributed by atoms with Crippen LogP contribution in [0.15, 0.2) is 70.6 Å². The van der Waals surface area contributed by atoms with E-state index in [1.165, 1.54) is 34.4 Å². The maximum Gasteiger partial charge on any atom is 0.348 e. The highest BCUT2D eigenvalue weighted by molar-refractivity contribution is 7.90. The summed E-state index contributed by atoms with van der Waals surface area (Å²) in [5.74, 6) is -0.407. The van der Waals surface area contributed by atoms with Crippen molar-refractivity contribution >= 4 is 33.5 Å². The van der Waals surface area contributed by atoms with Gasteiger partial charge in [-0.1, -0.05) is 12.1 Å². The van der Waals surface area contributed by atoms with Crippen molar-refractivity contribution in [1.29, 1.82) is 0 Å². The van der Waals surface area contributed by atoms with Crippen LogP contribution in [0, 0.1) is 0 Å². The zero-order valence-electron chi connectivity index (χ0n) is 16.6. The van der Waals surface area contributed by atoms with Crippen molar-refractivity contribution in [3.05, 3.63) is 66.3 Å². The number of urea groups is 1.